The van der Waals surface area contributed by atoms with Gasteiger partial charge in [-0.1, -0.05) is 72.4 Å². The van der Waals surface area contributed by atoms with Crippen LogP contribution in [0.4, 0.5) is 9.59 Å². The van der Waals surface area contributed by atoms with Crippen LogP contribution in [-0.2, 0) is 27.5 Å². The normalized spacial score (nSPS) is 14.0. The van der Waals surface area contributed by atoms with Crippen molar-refractivity contribution >= 4 is 29.1 Å². The van der Waals surface area contributed by atoms with Gasteiger partial charge in [0.15, 0.2) is 5.12 Å². The predicted molar refractivity (Wildman–Crippen MR) is 109 cm³/mol. The first-order valence-corrected chi connectivity index (χ1v) is 10.0. The number of carbonyl (C=O) groups is 3. The molecule has 2 amide bonds. The predicted octanol–water partition coefficient (Wildman–Crippen LogP) is 3.84. The third-order valence-electron chi connectivity index (χ3n) is 4.21. The van der Waals surface area contributed by atoms with Crippen molar-refractivity contribution < 1.29 is 23.9 Å². The standard InChI is InChI=1S/C21H22N2O5S/c1-16(24)29-19-12-22(20(25)27-14-17-8-4-2-5-9-17)23(13-19)21(26)28-15-18-10-6-3-7-11-18/h2-11,19H,12-15H2,1H3. The van der Waals surface area contributed by atoms with Crippen molar-refractivity contribution in [2.45, 2.75) is 25.4 Å². The summed E-state index contributed by atoms with van der Waals surface area (Å²) in [6, 6.07) is 18.5. The summed E-state index contributed by atoms with van der Waals surface area (Å²) in [5, 5.41) is 2.10. The number of hydrogen-bond acceptors (Lipinski definition) is 6. The van der Waals surface area contributed by atoms with E-state index >= 15 is 0 Å². The van der Waals surface area contributed by atoms with Crippen molar-refractivity contribution in [2.24, 2.45) is 0 Å². The SMILES string of the molecule is CC(=O)SC1CN(C(=O)OCc2ccccc2)N(C(=O)OCc2ccccc2)C1. The van der Waals surface area contributed by atoms with E-state index in [0.29, 0.717) is 0 Å². The Morgan fingerprint density at radius 3 is 1.62 bits per heavy atom. The number of rotatable bonds is 5. The average Bonchev–Trinajstić information content (AvgIpc) is 3.15. The summed E-state index contributed by atoms with van der Waals surface area (Å²) in [5.74, 6) is 0. The first-order chi connectivity index (χ1) is 14.0. The molecule has 0 aromatic heterocycles. The number of hydrogen-bond donors (Lipinski definition) is 0. The molecular formula is C21H22N2O5S. The highest BCUT2D eigenvalue weighted by molar-refractivity contribution is 8.14. The van der Waals surface area contributed by atoms with E-state index in [1.807, 2.05) is 60.7 Å². The van der Waals surface area contributed by atoms with E-state index in [1.165, 1.54) is 16.9 Å². The molecule has 2 aromatic carbocycles. The number of thioether (sulfide) groups is 1. The minimum Gasteiger partial charge on any atom is -0.443 e. The molecule has 3 rings (SSSR count). The summed E-state index contributed by atoms with van der Waals surface area (Å²) < 4.78 is 10.7. The maximum Gasteiger partial charge on any atom is 0.429 e. The number of ether oxygens (including phenoxy) is 2. The monoisotopic (exact) mass is 414 g/mol. The first-order valence-electron chi connectivity index (χ1n) is 9.16. The van der Waals surface area contributed by atoms with Gasteiger partial charge in [0.05, 0.1) is 18.3 Å². The largest absolute Gasteiger partial charge is 0.443 e. The summed E-state index contributed by atoms with van der Waals surface area (Å²) in [6.45, 7) is 2.02. The molecule has 8 heteroatoms. The van der Waals surface area contributed by atoms with Crippen molar-refractivity contribution in [1.82, 2.24) is 10.0 Å². The molecule has 152 valence electrons. The molecule has 1 saturated heterocycles. The molecule has 0 atom stereocenters. The van der Waals surface area contributed by atoms with Gasteiger partial charge in [-0.3, -0.25) is 4.79 Å². The first kappa shape index (κ1) is 20.7. The highest BCUT2D eigenvalue weighted by Gasteiger charge is 2.39. The molecule has 1 aliphatic heterocycles. The minimum atomic E-state index is -0.655. The van der Waals surface area contributed by atoms with E-state index in [0.717, 1.165) is 22.9 Å². The molecule has 0 saturated carbocycles. The smallest absolute Gasteiger partial charge is 0.429 e. The Balaban J connectivity index is 1.63. The van der Waals surface area contributed by atoms with Crippen LogP contribution in [0.25, 0.3) is 0 Å². The molecule has 1 heterocycles. The van der Waals surface area contributed by atoms with E-state index < -0.39 is 12.2 Å². The fourth-order valence-corrected chi connectivity index (χ4v) is 3.78. The number of benzene rings is 2. The van der Waals surface area contributed by atoms with Crippen LogP contribution in [-0.4, -0.2) is 45.7 Å². The lowest BCUT2D eigenvalue weighted by Crippen LogP contribution is -2.45. The molecule has 0 spiro atoms. The molecule has 0 unspecified atom stereocenters. The lowest BCUT2D eigenvalue weighted by atomic mass is 10.2. The second-order valence-corrected chi connectivity index (χ2v) is 7.95. The van der Waals surface area contributed by atoms with Crippen LogP contribution in [0.5, 0.6) is 0 Å². The zero-order valence-electron chi connectivity index (χ0n) is 16.0. The van der Waals surface area contributed by atoms with Gasteiger partial charge in [0, 0.05) is 6.92 Å². The van der Waals surface area contributed by atoms with Crippen LogP contribution in [0.3, 0.4) is 0 Å². The zero-order valence-corrected chi connectivity index (χ0v) is 16.8. The number of amides is 2. The number of carbonyl (C=O) groups excluding carboxylic acids is 3. The van der Waals surface area contributed by atoms with Crippen LogP contribution in [0.2, 0.25) is 0 Å². The van der Waals surface area contributed by atoms with Crippen LogP contribution in [0.15, 0.2) is 60.7 Å². The summed E-state index contributed by atoms with van der Waals surface area (Å²) in [6.07, 6.45) is -1.31. The van der Waals surface area contributed by atoms with Crippen LogP contribution >= 0.6 is 11.8 Å². The topological polar surface area (TPSA) is 76.2 Å². The van der Waals surface area contributed by atoms with E-state index in [-0.39, 0.29) is 36.7 Å². The van der Waals surface area contributed by atoms with Crippen LogP contribution in [0, 0.1) is 0 Å². The quantitative estimate of drug-likeness (QED) is 0.740. The third-order valence-corrected chi connectivity index (χ3v) is 5.17. The molecule has 29 heavy (non-hydrogen) atoms. The maximum absolute atomic E-state index is 12.6. The highest BCUT2D eigenvalue weighted by Crippen LogP contribution is 2.24. The second-order valence-electron chi connectivity index (χ2n) is 6.48. The minimum absolute atomic E-state index is 0.0768. The molecule has 2 aromatic rings. The van der Waals surface area contributed by atoms with Crippen LogP contribution < -0.4 is 0 Å². The second kappa shape index (κ2) is 9.97. The van der Waals surface area contributed by atoms with Gasteiger partial charge in [-0.2, -0.15) is 0 Å². The molecule has 0 bridgehead atoms. The van der Waals surface area contributed by atoms with Crippen molar-refractivity contribution in [3.8, 4) is 0 Å². The van der Waals surface area contributed by atoms with Gasteiger partial charge in [-0.25, -0.2) is 19.6 Å². The van der Waals surface area contributed by atoms with Gasteiger partial charge < -0.3 is 9.47 Å². The Morgan fingerprint density at radius 2 is 1.24 bits per heavy atom. The Labute approximate surface area is 173 Å². The van der Waals surface area contributed by atoms with Crippen molar-refractivity contribution in [1.29, 1.82) is 0 Å². The number of hydrazine groups is 1. The van der Waals surface area contributed by atoms with Crippen LogP contribution in [0.1, 0.15) is 18.1 Å². The van der Waals surface area contributed by atoms with Gasteiger partial charge >= 0.3 is 12.2 Å². The molecule has 0 N–H and O–H groups in total. The lowest BCUT2D eigenvalue weighted by Gasteiger charge is -2.26. The molecular weight excluding hydrogens is 392 g/mol. The zero-order chi connectivity index (χ0) is 20.6. The highest BCUT2D eigenvalue weighted by atomic mass is 32.2. The third kappa shape index (κ3) is 5.99. The Morgan fingerprint density at radius 1 is 0.828 bits per heavy atom. The molecule has 7 nitrogen and oxygen atoms in total. The van der Waals surface area contributed by atoms with E-state index in [2.05, 4.69) is 0 Å². The fourth-order valence-electron chi connectivity index (χ4n) is 2.88. The van der Waals surface area contributed by atoms with E-state index in [9.17, 15) is 14.4 Å². The maximum atomic E-state index is 12.6. The summed E-state index contributed by atoms with van der Waals surface area (Å²) in [5.41, 5.74) is 1.68. The molecule has 0 radical (unpaired) electrons. The lowest BCUT2D eigenvalue weighted by molar-refractivity contribution is -0.109. The van der Waals surface area contributed by atoms with Crippen molar-refractivity contribution in [2.75, 3.05) is 13.1 Å². The molecule has 0 aliphatic carbocycles. The van der Waals surface area contributed by atoms with Gasteiger partial charge in [0.1, 0.15) is 13.2 Å². The van der Waals surface area contributed by atoms with Crippen molar-refractivity contribution in [3.05, 3.63) is 71.8 Å². The summed E-state index contributed by atoms with van der Waals surface area (Å²) >= 11 is 1.10. The van der Waals surface area contributed by atoms with Crippen molar-refractivity contribution in [3.63, 3.8) is 0 Å². The van der Waals surface area contributed by atoms with Gasteiger partial charge in [-0.05, 0) is 11.1 Å². The van der Waals surface area contributed by atoms with Gasteiger partial charge in [0.2, 0.25) is 0 Å². The Hall–Kier alpha value is -3.00. The van der Waals surface area contributed by atoms with Gasteiger partial charge in [-0.15, -0.1) is 0 Å². The van der Waals surface area contributed by atoms with Gasteiger partial charge in [0.25, 0.3) is 0 Å². The number of nitrogens with zero attached hydrogens (tertiary/aromatic N) is 2. The average molecular weight is 414 g/mol. The van der Waals surface area contributed by atoms with E-state index in [1.54, 1.807) is 0 Å². The molecule has 1 fully saturated rings. The van der Waals surface area contributed by atoms with E-state index in [4.69, 9.17) is 9.47 Å². The Bertz CT molecular complexity index is 783. The summed E-state index contributed by atoms with van der Waals surface area (Å²) in [7, 11) is 0. The fraction of sp³-hybridized carbons (Fsp3) is 0.286. The summed E-state index contributed by atoms with van der Waals surface area (Å²) in [4.78, 5) is 36.7. The Kier molecular flexibility index (Phi) is 7.13. The molecule has 1 aliphatic rings.